The molecule has 0 aromatic heterocycles. The Morgan fingerprint density at radius 1 is 1.09 bits per heavy atom. The molecule has 0 spiro atoms. The van der Waals surface area contributed by atoms with Gasteiger partial charge in [-0.05, 0) is 68.9 Å². The van der Waals surface area contributed by atoms with Crippen molar-refractivity contribution in [1.82, 2.24) is 0 Å². The molecule has 178 valence electrons. The number of halogens is 3. The van der Waals surface area contributed by atoms with Gasteiger partial charge in [-0.15, -0.1) is 0 Å². The van der Waals surface area contributed by atoms with E-state index in [9.17, 15) is 18.4 Å². The second kappa shape index (κ2) is 9.02. The molecule has 0 aliphatic heterocycles. The van der Waals surface area contributed by atoms with E-state index >= 15 is 0 Å². The number of hydrogen-bond acceptors (Lipinski definition) is 4. The van der Waals surface area contributed by atoms with Crippen LogP contribution in [0, 0.1) is 11.6 Å². The highest BCUT2D eigenvalue weighted by molar-refractivity contribution is 9.10. The van der Waals surface area contributed by atoms with Crippen LogP contribution in [0.5, 0.6) is 5.75 Å². The van der Waals surface area contributed by atoms with Gasteiger partial charge in [0.15, 0.2) is 6.79 Å². The van der Waals surface area contributed by atoms with Crippen LogP contribution >= 0.6 is 15.9 Å². The van der Waals surface area contributed by atoms with Gasteiger partial charge >= 0.3 is 5.97 Å². The van der Waals surface area contributed by atoms with Crippen molar-refractivity contribution >= 4 is 33.5 Å². The van der Waals surface area contributed by atoms with Crippen LogP contribution in [0.4, 0.5) is 14.5 Å². The van der Waals surface area contributed by atoms with Gasteiger partial charge in [0, 0.05) is 12.8 Å². The molecule has 2 aromatic rings. The number of anilines is 1. The fraction of sp³-hybridized carbons (Fsp3) is 0.417. The number of ether oxygens (including phenoxy) is 2. The lowest BCUT2D eigenvalue weighted by molar-refractivity contribution is 0.0495. The smallest absolute Gasteiger partial charge is 0.341 e. The highest BCUT2D eigenvalue weighted by Crippen LogP contribution is 2.52. The van der Waals surface area contributed by atoms with Gasteiger partial charge in [0.2, 0.25) is 0 Å². The molecular formula is C24H26BrF2NO5. The first-order valence-electron chi connectivity index (χ1n) is 10.3. The molecule has 0 unspecified atom stereocenters. The lowest BCUT2D eigenvalue weighted by Gasteiger charge is -2.43. The molecule has 2 N–H and O–H groups in total. The van der Waals surface area contributed by atoms with Crippen molar-refractivity contribution < 1.29 is 33.0 Å². The number of fused-ring (bicyclic) bond motifs is 1. The Morgan fingerprint density at radius 2 is 1.67 bits per heavy atom. The van der Waals surface area contributed by atoms with Gasteiger partial charge < -0.3 is 19.9 Å². The van der Waals surface area contributed by atoms with E-state index in [1.54, 1.807) is 6.07 Å². The lowest BCUT2D eigenvalue weighted by Crippen LogP contribution is -2.35. The van der Waals surface area contributed by atoms with Gasteiger partial charge in [0.1, 0.15) is 22.9 Å². The maximum absolute atomic E-state index is 14.1. The van der Waals surface area contributed by atoms with E-state index in [-0.39, 0.29) is 34.6 Å². The summed E-state index contributed by atoms with van der Waals surface area (Å²) in [5.74, 6) is -4.72. The van der Waals surface area contributed by atoms with E-state index in [2.05, 4.69) is 48.9 Å². The number of nitrogens with one attached hydrogen (secondary N) is 1. The predicted octanol–water partition coefficient (Wildman–Crippen LogP) is 6.01. The highest BCUT2D eigenvalue weighted by atomic mass is 79.9. The van der Waals surface area contributed by atoms with Gasteiger partial charge in [-0.1, -0.05) is 27.7 Å². The zero-order valence-electron chi connectivity index (χ0n) is 19.1. The first-order valence-corrected chi connectivity index (χ1v) is 11.1. The number of amides is 1. The van der Waals surface area contributed by atoms with Crippen LogP contribution in [0.15, 0.2) is 22.7 Å². The zero-order valence-corrected chi connectivity index (χ0v) is 20.7. The number of methoxy groups -OCH3 is 1. The Balaban J connectivity index is 2.13. The molecule has 1 aliphatic rings. The largest absolute Gasteiger partial charge is 0.477 e. The first-order chi connectivity index (χ1) is 15.3. The zero-order chi connectivity index (χ0) is 24.7. The molecule has 1 aliphatic carbocycles. The van der Waals surface area contributed by atoms with E-state index in [0.717, 1.165) is 36.1 Å². The molecule has 0 heterocycles. The molecule has 0 saturated carbocycles. The fourth-order valence-corrected chi connectivity index (χ4v) is 5.27. The van der Waals surface area contributed by atoms with Crippen LogP contribution in [0.25, 0.3) is 0 Å². The number of carboxylic acids is 1. The maximum atomic E-state index is 14.1. The molecule has 0 atom stereocenters. The minimum Gasteiger partial charge on any atom is -0.477 e. The number of carboxylic acid groups (broad SMARTS) is 1. The Bertz CT molecular complexity index is 1110. The van der Waals surface area contributed by atoms with Crippen molar-refractivity contribution in [3.8, 4) is 5.75 Å². The van der Waals surface area contributed by atoms with Crippen molar-refractivity contribution in [2.75, 3.05) is 19.2 Å². The molecule has 2 aromatic carbocycles. The monoisotopic (exact) mass is 525 g/mol. The minimum atomic E-state index is -1.73. The summed E-state index contributed by atoms with van der Waals surface area (Å²) in [5, 5.41) is 11.4. The number of hydrogen-bond donors (Lipinski definition) is 2. The summed E-state index contributed by atoms with van der Waals surface area (Å²) < 4.78 is 39.6. The van der Waals surface area contributed by atoms with Crippen LogP contribution in [0.3, 0.4) is 0 Å². The van der Waals surface area contributed by atoms with Gasteiger partial charge in [0.25, 0.3) is 5.91 Å². The highest BCUT2D eigenvalue weighted by Gasteiger charge is 2.41. The van der Waals surface area contributed by atoms with Crippen molar-refractivity contribution in [3.05, 3.63) is 56.6 Å². The predicted molar refractivity (Wildman–Crippen MR) is 123 cm³/mol. The Morgan fingerprint density at radius 3 is 2.21 bits per heavy atom. The third-order valence-corrected chi connectivity index (χ3v) is 6.84. The SMILES string of the molecule is COCOc1c(C(=O)Nc2cc(F)c(C(=O)O)c(F)c2)cc2c(c1Br)C(C)(C)CCC2(C)C. The molecular weight excluding hydrogens is 500 g/mol. The number of rotatable bonds is 6. The van der Waals surface area contributed by atoms with Gasteiger partial charge in [-0.3, -0.25) is 4.79 Å². The average molecular weight is 526 g/mol. The molecule has 3 rings (SSSR count). The van der Waals surface area contributed by atoms with Crippen molar-refractivity contribution in [2.24, 2.45) is 0 Å². The summed E-state index contributed by atoms with van der Waals surface area (Å²) in [6, 6.07) is 3.28. The standard InChI is InChI=1S/C24H26BrF2NO5/c1-23(2)6-7-24(3,4)18-14(23)10-13(20(19(18)25)33-11-32-5)21(29)28-12-8-15(26)17(22(30)31)16(27)9-12/h8-10H,6-7,11H2,1-5H3,(H,28,29)(H,30,31). The Kier molecular flexibility index (Phi) is 6.87. The summed E-state index contributed by atoms with van der Waals surface area (Å²) >= 11 is 3.63. The summed E-state index contributed by atoms with van der Waals surface area (Å²) in [5.41, 5.74) is 0.463. The van der Waals surface area contributed by atoms with E-state index < -0.39 is 29.1 Å². The second-order valence-corrected chi connectivity index (χ2v) is 10.2. The van der Waals surface area contributed by atoms with Crippen molar-refractivity contribution in [1.29, 1.82) is 0 Å². The van der Waals surface area contributed by atoms with E-state index in [0.29, 0.717) is 4.47 Å². The minimum absolute atomic E-state index is 0.113. The fourth-order valence-electron chi connectivity index (χ4n) is 4.19. The topological polar surface area (TPSA) is 84.9 Å². The van der Waals surface area contributed by atoms with Gasteiger partial charge in [-0.2, -0.15) is 0 Å². The normalized spacial score (nSPS) is 16.1. The molecule has 33 heavy (non-hydrogen) atoms. The number of carbonyl (C=O) groups excluding carboxylic acids is 1. The lowest BCUT2D eigenvalue weighted by atomic mass is 9.63. The maximum Gasteiger partial charge on any atom is 0.341 e. The molecule has 0 fully saturated rings. The van der Waals surface area contributed by atoms with Crippen LogP contribution in [0.1, 0.15) is 72.4 Å². The summed E-state index contributed by atoms with van der Waals surface area (Å²) in [6.45, 7) is 8.33. The van der Waals surface area contributed by atoms with Gasteiger partial charge in [-0.25, -0.2) is 13.6 Å². The number of carbonyl (C=O) groups is 2. The number of benzene rings is 2. The van der Waals surface area contributed by atoms with Crippen molar-refractivity contribution in [2.45, 2.75) is 51.4 Å². The molecule has 1 amide bonds. The summed E-state index contributed by atoms with van der Waals surface area (Å²) in [6.07, 6.45) is 1.85. The third-order valence-electron chi connectivity index (χ3n) is 6.08. The Hall–Kier alpha value is -2.52. The van der Waals surface area contributed by atoms with Crippen LogP contribution in [-0.2, 0) is 15.6 Å². The van der Waals surface area contributed by atoms with Crippen LogP contribution in [-0.4, -0.2) is 30.9 Å². The quantitative estimate of drug-likeness (QED) is 0.451. The van der Waals surface area contributed by atoms with E-state index in [1.165, 1.54) is 7.11 Å². The average Bonchev–Trinajstić information content (AvgIpc) is 2.69. The third kappa shape index (κ3) is 4.75. The summed E-state index contributed by atoms with van der Waals surface area (Å²) in [4.78, 5) is 24.3. The molecule has 0 saturated heterocycles. The number of aromatic carboxylic acids is 1. The van der Waals surface area contributed by atoms with E-state index in [1.807, 2.05) is 0 Å². The Labute approximate surface area is 199 Å². The first kappa shape index (κ1) is 25.1. The molecule has 0 radical (unpaired) electrons. The summed E-state index contributed by atoms with van der Waals surface area (Å²) in [7, 11) is 1.45. The van der Waals surface area contributed by atoms with Gasteiger partial charge in [0.05, 0.1) is 10.0 Å². The molecule has 6 nitrogen and oxygen atoms in total. The van der Waals surface area contributed by atoms with Crippen LogP contribution in [0.2, 0.25) is 0 Å². The molecule has 9 heteroatoms. The van der Waals surface area contributed by atoms with Crippen molar-refractivity contribution in [3.63, 3.8) is 0 Å². The van der Waals surface area contributed by atoms with Crippen LogP contribution < -0.4 is 10.1 Å². The molecule has 0 bridgehead atoms. The van der Waals surface area contributed by atoms with E-state index in [4.69, 9.17) is 14.6 Å². The second-order valence-electron chi connectivity index (χ2n) is 9.38.